The van der Waals surface area contributed by atoms with E-state index in [4.69, 9.17) is 15.0 Å². The molecule has 1 aliphatic rings. The van der Waals surface area contributed by atoms with Crippen LogP contribution in [-0.4, -0.2) is 76.5 Å². The minimum absolute atomic E-state index is 0.0475. The maximum atomic E-state index is 12.3. The Morgan fingerprint density at radius 1 is 0.938 bits per heavy atom. The third-order valence-corrected chi connectivity index (χ3v) is 9.05. The number of amides is 1. The fraction of sp³-hybridized carbons (Fsp3) is 0.417. The summed E-state index contributed by atoms with van der Waals surface area (Å²) in [6.45, 7) is 7.27. The number of aliphatic hydroxyl groups is 2. The number of aliphatic hydroxyl groups excluding tert-OH is 2. The molecule has 1 fully saturated rings. The number of hydrogen-bond donors (Lipinski definition) is 5. The zero-order chi connectivity index (χ0) is 33.6. The van der Waals surface area contributed by atoms with Gasteiger partial charge in [-0.25, -0.2) is 9.97 Å². The van der Waals surface area contributed by atoms with Crippen LogP contribution in [0.2, 0.25) is 0 Å². The highest BCUT2D eigenvalue weighted by Crippen LogP contribution is 2.35. The lowest BCUT2D eigenvalue weighted by molar-refractivity contribution is -0.122. The molecule has 5 N–H and O–H groups in total. The summed E-state index contributed by atoms with van der Waals surface area (Å²) in [6.07, 6.45) is 5.37. The molecule has 4 atom stereocenters. The number of aromatic nitrogens is 6. The molecular weight excluding hydrogens is 606 g/mol. The molecule has 2 aromatic carbocycles. The third kappa shape index (κ3) is 7.34. The van der Waals surface area contributed by atoms with Crippen LogP contribution in [0, 0.1) is 0 Å². The van der Waals surface area contributed by atoms with Crippen LogP contribution in [0.15, 0.2) is 79.5 Å². The van der Waals surface area contributed by atoms with E-state index in [0.29, 0.717) is 67.7 Å². The fourth-order valence-electron chi connectivity index (χ4n) is 6.39. The maximum Gasteiger partial charge on any atom is 0.226 e. The lowest BCUT2D eigenvalue weighted by Crippen LogP contribution is -2.42. The summed E-state index contributed by atoms with van der Waals surface area (Å²) in [4.78, 5) is 31.3. The Bertz CT molecular complexity index is 1750. The Morgan fingerprint density at radius 2 is 1.65 bits per heavy atom. The van der Waals surface area contributed by atoms with Gasteiger partial charge in [-0.1, -0.05) is 67.6 Å². The van der Waals surface area contributed by atoms with Crippen LogP contribution in [0.25, 0.3) is 11.2 Å². The highest BCUT2D eigenvalue weighted by molar-refractivity contribution is 5.84. The molecule has 3 aromatic heterocycles. The first-order valence-corrected chi connectivity index (χ1v) is 16.8. The van der Waals surface area contributed by atoms with Crippen LogP contribution in [0.4, 0.5) is 11.8 Å². The molecule has 0 aliphatic heterocycles. The van der Waals surface area contributed by atoms with Gasteiger partial charge in [0.15, 0.2) is 17.0 Å². The number of fused-ring (bicyclic) bond motifs is 1. The Labute approximate surface area is 280 Å². The van der Waals surface area contributed by atoms with Gasteiger partial charge in [-0.2, -0.15) is 9.97 Å². The van der Waals surface area contributed by atoms with Crippen LogP contribution in [0.3, 0.4) is 0 Å². The van der Waals surface area contributed by atoms with E-state index in [1.807, 2.05) is 55.8 Å². The highest BCUT2D eigenvalue weighted by Gasteiger charge is 2.43. The molecule has 1 aliphatic carbocycles. The van der Waals surface area contributed by atoms with E-state index < -0.39 is 24.3 Å². The number of carbonyl (C=O) groups is 1. The number of nitrogens with one attached hydrogen (secondary N) is 3. The van der Waals surface area contributed by atoms with Gasteiger partial charge in [-0.05, 0) is 37.8 Å². The van der Waals surface area contributed by atoms with Crippen molar-refractivity contribution in [2.75, 3.05) is 23.7 Å². The molecule has 252 valence electrons. The van der Waals surface area contributed by atoms with E-state index in [9.17, 15) is 15.0 Å². The summed E-state index contributed by atoms with van der Waals surface area (Å²) in [5.74, 6) is 0.871. The highest BCUT2D eigenvalue weighted by atomic mass is 16.3. The van der Waals surface area contributed by atoms with Crippen LogP contribution in [0.1, 0.15) is 74.9 Å². The predicted octanol–water partition coefficient (Wildman–Crippen LogP) is 4.45. The van der Waals surface area contributed by atoms with Crippen molar-refractivity contribution in [1.82, 2.24) is 34.4 Å². The van der Waals surface area contributed by atoms with Gasteiger partial charge in [0.2, 0.25) is 11.9 Å². The smallest absolute Gasteiger partial charge is 0.226 e. The molecule has 6 rings (SSSR count). The Kier molecular flexibility index (Phi) is 10.3. The van der Waals surface area contributed by atoms with Gasteiger partial charge in [0, 0.05) is 44.1 Å². The molecule has 0 spiro atoms. The van der Waals surface area contributed by atoms with Crippen molar-refractivity contribution in [2.24, 2.45) is 0 Å². The van der Waals surface area contributed by atoms with Crippen molar-refractivity contribution in [3.63, 3.8) is 0 Å². The summed E-state index contributed by atoms with van der Waals surface area (Å²) in [7, 11) is 0. The molecule has 48 heavy (non-hydrogen) atoms. The minimum Gasteiger partial charge on any atom is -0.388 e. The molecule has 0 radical (unpaired) electrons. The van der Waals surface area contributed by atoms with Gasteiger partial charge in [-0.3, -0.25) is 4.79 Å². The number of rotatable bonds is 14. The predicted molar refractivity (Wildman–Crippen MR) is 186 cm³/mol. The standard InChI is InChI=1S/C36H45N9O3/c1-4-11-30(46)41-28-18-29(33(48)32(28)47)45-22-40-31-34(38-19-27(24-12-7-5-8-13-24)25-14-9-6-10-15-25)42-36(43-35(31)45)37-17-16-26-20-44(21-39-26)23(2)3/h5-10,12-15,20-23,27-29,32-33,47-48H,4,11,16-19H2,1-3H3,(H,41,46)(H2,37,38,42,43)/t28-,29+,32+,33-/m0/s1. The van der Waals surface area contributed by atoms with Crippen LogP contribution >= 0.6 is 0 Å². The van der Waals surface area contributed by atoms with Gasteiger partial charge >= 0.3 is 0 Å². The van der Waals surface area contributed by atoms with Gasteiger partial charge < -0.3 is 35.3 Å². The van der Waals surface area contributed by atoms with E-state index in [-0.39, 0.29) is 11.8 Å². The van der Waals surface area contributed by atoms with E-state index in [0.717, 1.165) is 5.69 Å². The summed E-state index contributed by atoms with van der Waals surface area (Å²) >= 11 is 0. The summed E-state index contributed by atoms with van der Waals surface area (Å²) in [6, 6.07) is 19.9. The number of imidazole rings is 2. The Hall–Kier alpha value is -4.81. The lowest BCUT2D eigenvalue weighted by atomic mass is 9.91. The molecule has 0 bridgehead atoms. The molecule has 5 aromatic rings. The minimum atomic E-state index is -1.12. The number of carbonyl (C=O) groups excluding carboxylic acids is 1. The first-order chi connectivity index (χ1) is 23.3. The van der Waals surface area contributed by atoms with Crippen molar-refractivity contribution in [2.45, 2.75) is 82.7 Å². The van der Waals surface area contributed by atoms with Gasteiger partial charge in [0.25, 0.3) is 0 Å². The third-order valence-electron chi connectivity index (χ3n) is 9.05. The normalized spacial score (nSPS) is 19.3. The lowest BCUT2D eigenvalue weighted by Gasteiger charge is -2.20. The molecule has 0 unspecified atom stereocenters. The zero-order valence-corrected chi connectivity index (χ0v) is 27.7. The first-order valence-electron chi connectivity index (χ1n) is 16.8. The second-order valence-electron chi connectivity index (χ2n) is 12.8. The molecule has 12 nitrogen and oxygen atoms in total. The topological polar surface area (TPSA) is 155 Å². The van der Waals surface area contributed by atoms with Gasteiger partial charge in [0.05, 0.1) is 30.4 Å². The molecule has 1 amide bonds. The van der Waals surface area contributed by atoms with E-state index in [2.05, 4.69) is 63.6 Å². The van der Waals surface area contributed by atoms with Crippen LogP contribution in [-0.2, 0) is 11.2 Å². The number of nitrogens with zero attached hydrogens (tertiary/aromatic N) is 6. The summed E-state index contributed by atoms with van der Waals surface area (Å²) in [5, 5.41) is 31.9. The van der Waals surface area contributed by atoms with Crippen molar-refractivity contribution in [1.29, 1.82) is 0 Å². The van der Waals surface area contributed by atoms with Crippen molar-refractivity contribution < 1.29 is 15.0 Å². The Balaban J connectivity index is 1.30. The number of anilines is 2. The monoisotopic (exact) mass is 651 g/mol. The average Bonchev–Trinajstić information content (AvgIpc) is 3.81. The van der Waals surface area contributed by atoms with Crippen molar-refractivity contribution >= 4 is 28.8 Å². The van der Waals surface area contributed by atoms with Crippen LogP contribution < -0.4 is 16.0 Å². The van der Waals surface area contributed by atoms with E-state index >= 15 is 0 Å². The Morgan fingerprint density at radius 3 is 2.29 bits per heavy atom. The van der Waals surface area contributed by atoms with Crippen molar-refractivity contribution in [3.8, 4) is 0 Å². The van der Waals surface area contributed by atoms with Crippen molar-refractivity contribution in [3.05, 3.63) is 96.3 Å². The SMILES string of the molecule is CCCC(=O)N[C@H]1C[C@@H](n2cnc3c(NCC(c4ccccc4)c4ccccc4)nc(NCCc4cn(C(C)C)cn4)nc32)[C@H](O)[C@@H]1O. The maximum absolute atomic E-state index is 12.3. The average molecular weight is 652 g/mol. The molecule has 3 heterocycles. The molecule has 0 saturated heterocycles. The quantitative estimate of drug-likeness (QED) is 0.117. The summed E-state index contributed by atoms with van der Waals surface area (Å²) in [5.41, 5.74) is 4.38. The first kappa shape index (κ1) is 33.1. The fourth-order valence-corrected chi connectivity index (χ4v) is 6.39. The number of hydrogen-bond acceptors (Lipinski definition) is 9. The van der Waals surface area contributed by atoms with E-state index in [1.165, 1.54) is 11.1 Å². The van der Waals surface area contributed by atoms with Gasteiger partial charge in [-0.15, -0.1) is 0 Å². The second kappa shape index (κ2) is 15.0. The van der Waals surface area contributed by atoms with E-state index in [1.54, 1.807) is 10.9 Å². The largest absolute Gasteiger partial charge is 0.388 e. The summed E-state index contributed by atoms with van der Waals surface area (Å²) < 4.78 is 3.87. The number of benzene rings is 2. The van der Waals surface area contributed by atoms with Gasteiger partial charge in [0.1, 0.15) is 12.2 Å². The molecular formula is C36H45N9O3. The second-order valence-corrected chi connectivity index (χ2v) is 12.8. The van der Waals surface area contributed by atoms with Crippen LogP contribution in [0.5, 0.6) is 0 Å². The zero-order valence-electron chi connectivity index (χ0n) is 27.7. The molecule has 12 heteroatoms. The molecule has 1 saturated carbocycles.